The van der Waals surface area contributed by atoms with Crippen molar-refractivity contribution in [3.63, 3.8) is 0 Å². The number of amides is 1. The molecule has 0 unspecified atom stereocenters. The van der Waals surface area contributed by atoms with Gasteiger partial charge < -0.3 is 10.4 Å². The summed E-state index contributed by atoms with van der Waals surface area (Å²) in [5.41, 5.74) is 2.56. The fourth-order valence-corrected chi connectivity index (χ4v) is 3.34. The molecule has 0 saturated heterocycles. The smallest absolute Gasteiger partial charge is 0.317 e. The zero-order valence-corrected chi connectivity index (χ0v) is 15.1. The number of aromatic nitrogens is 2. The lowest BCUT2D eigenvalue weighted by Gasteiger charge is -2.42. The topological polar surface area (TPSA) is 87.5 Å². The van der Waals surface area contributed by atoms with Gasteiger partial charge in [-0.15, -0.1) is 0 Å². The molecule has 1 amide bonds. The van der Waals surface area contributed by atoms with Crippen LogP contribution in [0.5, 0.6) is 0 Å². The third-order valence-corrected chi connectivity index (χ3v) is 4.92. The van der Waals surface area contributed by atoms with Crippen molar-refractivity contribution in [1.82, 2.24) is 20.0 Å². The molecule has 0 bridgehead atoms. The first-order valence-corrected chi connectivity index (χ1v) is 8.85. The maximum atomic E-state index is 12.4. The van der Waals surface area contributed by atoms with E-state index in [0.717, 1.165) is 24.2 Å². The van der Waals surface area contributed by atoms with Crippen LogP contribution in [0, 0.1) is 6.92 Å². The number of benzene rings is 1. The highest BCUT2D eigenvalue weighted by molar-refractivity contribution is 5.94. The van der Waals surface area contributed by atoms with E-state index in [-0.39, 0.29) is 24.5 Å². The average molecular weight is 356 g/mol. The molecule has 1 aromatic carbocycles. The van der Waals surface area contributed by atoms with E-state index in [2.05, 4.69) is 10.4 Å². The van der Waals surface area contributed by atoms with Gasteiger partial charge in [-0.25, -0.2) is 4.68 Å². The lowest BCUT2D eigenvalue weighted by Crippen LogP contribution is -2.54. The third-order valence-electron chi connectivity index (χ3n) is 4.92. The molecule has 0 aliphatic heterocycles. The summed E-state index contributed by atoms with van der Waals surface area (Å²) >= 11 is 0. The number of aryl methyl sites for hydroxylation is 1. The van der Waals surface area contributed by atoms with Gasteiger partial charge in [0.2, 0.25) is 0 Å². The molecule has 3 rings (SSSR count). The Balaban J connectivity index is 1.53. The SMILES string of the molecule is CCN(CC(=O)O)C1CC(NC(=O)c2ccc(-n3nccc3C)cc2)C1. The maximum absolute atomic E-state index is 12.4. The number of carboxylic acid groups (broad SMARTS) is 1. The highest BCUT2D eigenvalue weighted by atomic mass is 16.4. The van der Waals surface area contributed by atoms with E-state index >= 15 is 0 Å². The summed E-state index contributed by atoms with van der Waals surface area (Å²) in [6.07, 6.45) is 3.32. The summed E-state index contributed by atoms with van der Waals surface area (Å²) in [7, 11) is 0. The van der Waals surface area contributed by atoms with Gasteiger partial charge in [0.05, 0.1) is 12.2 Å². The molecule has 0 atom stereocenters. The molecule has 1 aromatic heterocycles. The molecule has 0 radical (unpaired) electrons. The van der Waals surface area contributed by atoms with Crippen molar-refractivity contribution in [2.45, 2.75) is 38.8 Å². The Morgan fingerprint density at radius 1 is 1.27 bits per heavy atom. The van der Waals surface area contributed by atoms with Crippen LogP contribution in [0.2, 0.25) is 0 Å². The monoisotopic (exact) mass is 356 g/mol. The van der Waals surface area contributed by atoms with Gasteiger partial charge in [-0.3, -0.25) is 14.5 Å². The molecule has 0 spiro atoms. The van der Waals surface area contributed by atoms with Crippen LogP contribution in [-0.4, -0.2) is 56.8 Å². The van der Waals surface area contributed by atoms with Crippen LogP contribution in [0.1, 0.15) is 35.8 Å². The summed E-state index contributed by atoms with van der Waals surface area (Å²) in [5, 5.41) is 16.2. The number of carboxylic acids is 1. The highest BCUT2D eigenvalue weighted by Crippen LogP contribution is 2.26. The van der Waals surface area contributed by atoms with Crippen molar-refractivity contribution in [3.05, 3.63) is 47.8 Å². The van der Waals surface area contributed by atoms with Crippen LogP contribution in [-0.2, 0) is 4.79 Å². The molecule has 1 fully saturated rings. The first-order chi connectivity index (χ1) is 12.5. The van der Waals surface area contributed by atoms with Crippen molar-refractivity contribution in [1.29, 1.82) is 0 Å². The zero-order valence-electron chi connectivity index (χ0n) is 15.1. The molecular weight excluding hydrogens is 332 g/mol. The van der Waals surface area contributed by atoms with Crippen molar-refractivity contribution in [3.8, 4) is 5.69 Å². The maximum Gasteiger partial charge on any atom is 0.317 e. The molecule has 7 nitrogen and oxygen atoms in total. The Morgan fingerprint density at radius 3 is 2.50 bits per heavy atom. The van der Waals surface area contributed by atoms with Gasteiger partial charge >= 0.3 is 5.97 Å². The fourth-order valence-electron chi connectivity index (χ4n) is 3.34. The molecule has 1 saturated carbocycles. The Bertz CT molecular complexity index is 778. The summed E-state index contributed by atoms with van der Waals surface area (Å²) in [6, 6.07) is 9.61. The van der Waals surface area contributed by atoms with Gasteiger partial charge in [0.25, 0.3) is 5.91 Å². The number of hydrogen-bond acceptors (Lipinski definition) is 4. The summed E-state index contributed by atoms with van der Waals surface area (Å²) in [5.74, 6) is -0.912. The van der Waals surface area contributed by atoms with Crippen LogP contribution in [0.3, 0.4) is 0 Å². The van der Waals surface area contributed by atoms with Gasteiger partial charge in [-0.1, -0.05) is 6.92 Å². The van der Waals surface area contributed by atoms with E-state index in [1.54, 1.807) is 18.3 Å². The molecule has 1 heterocycles. The van der Waals surface area contributed by atoms with Crippen molar-refractivity contribution in [2.24, 2.45) is 0 Å². The number of aliphatic carboxylic acids is 1. The number of nitrogens with zero attached hydrogens (tertiary/aromatic N) is 3. The molecule has 138 valence electrons. The Kier molecular flexibility index (Phi) is 5.37. The molecular formula is C19H24N4O3. The number of carbonyl (C=O) groups excluding carboxylic acids is 1. The number of hydrogen-bond donors (Lipinski definition) is 2. The number of rotatable bonds is 7. The lowest BCUT2D eigenvalue weighted by molar-refractivity contribution is -0.139. The second-order valence-corrected chi connectivity index (χ2v) is 6.68. The summed E-state index contributed by atoms with van der Waals surface area (Å²) in [4.78, 5) is 25.2. The minimum atomic E-state index is -0.813. The van der Waals surface area contributed by atoms with Crippen LogP contribution in [0.25, 0.3) is 5.69 Å². The predicted octanol–water partition coefficient (Wildman–Crippen LogP) is 1.85. The van der Waals surface area contributed by atoms with Crippen LogP contribution in [0.15, 0.2) is 36.5 Å². The van der Waals surface area contributed by atoms with Gasteiger partial charge in [0, 0.05) is 29.5 Å². The predicted molar refractivity (Wildman–Crippen MR) is 97.5 cm³/mol. The lowest BCUT2D eigenvalue weighted by atomic mass is 9.85. The van der Waals surface area contributed by atoms with Crippen molar-refractivity contribution in [2.75, 3.05) is 13.1 Å². The number of carbonyl (C=O) groups is 2. The van der Waals surface area contributed by atoms with Crippen LogP contribution in [0.4, 0.5) is 0 Å². The quantitative estimate of drug-likeness (QED) is 0.790. The molecule has 26 heavy (non-hydrogen) atoms. The highest BCUT2D eigenvalue weighted by Gasteiger charge is 2.34. The Labute approximate surface area is 152 Å². The third kappa shape index (κ3) is 3.94. The number of likely N-dealkylation sites (N-methyl/N-ethyl adjacent to an activating group) is 1. The minimum Gasteiger partial charge on any atom is -0.480 e. The van der Waals surface area contributed by atoms with Crippen LogP contribution >= 0.6 is 0 Å². The molecule has 1 aliphatic carbocycles. The van der Waals surface area contributed by atoms with E-state index in [0.29, 0.717) is 12.1 Å². The summed E-state index contributed by atoms with van der Waals surface area (Å²) in [6.45, 7) is 4.68. The fraction of sp³-hybridized carbons (Fsp3) is 0.421. The first kappa shape index (κ1) is 18.1. The molecule has 2 N–H and O–H groups in total. The van der Waals surface area contributed by atoms with Crippen molar-refractivity contribution >= 4 is 11.9 Å². The van der Waals surface area contributed by atoms with Gasteiger partial charge in [0.15, 0.2) is 0 Å². The van der Waals surface area contributed by atoms with Gasteiger partial charge in [-0.2, -0.15) is 5.10 Å². The molecule has 7 heteroatoms. The minimum absolute atomic E-state index is 0.0517. The largest absolute Gasteiger partial charge is 0.480 e. The zero-order chi connectivity index (χ0) is 18.7. The second kappa shape index (κ2) is 7.70. The van der Waals surface area contributed by atoms with E-state index in [1.807, 2.05) is 41.6 Å². The number of nitrogens with one attached hydrogen (secondary N) is 1. The van der Waals surface area contributed by atoms with Gasteiger partial charge in [-0.05, 0) is 56.6 Å². The first-order valence-electron chi connectivity index (χ1n) is 8.85. The van der Waals surface area contributed by atoms with E-state index in [1.165, 1.54) is 0 Å². The molecule has 2 aromatic rings. The Morgan fingerprint density at radius 2 is 1.96 bits per heavy atom. The van der Waals surface area contributed by atoms with Crippen molar-refractivity contribution < 1.29 is 14.7 Å². The van der Waals surface area contributed by atoms with Gasteiger partial charge in [0.1, 0.15) is 0 Å². The van der Waals surface area contributed by atoms with E-state index < -0.39 is 5.97 Å². The van der Waals surface area contributed by atoms with E-state index in [4.69, 9.17) is 5.11 Å². The average Bonchev–Trinajstić information content (AvgIpc) is 3.01. The van der Waals surface area contributed by atoms with E-state index in [9.17, 15) is 9.59 Å². The molecule has 1 aliphatic rings. The standard InChI is InChI=1S/C19H24N4O3/c1-3-22(12-18(24)25)17-10-15(11-17)21-19(26)14-4-6-16(7-5-14)23-13(2)8-9-20-23/h4-9,15,17H,3,10-12H2,1-2H3,(H,21,26)(H,24,25). The normalized spacial score (nSPS) is 19.2. The van der Waals surface area contributed by atoms with Crippen LogP contribution < -0.4 is 5.32 Å². The summed E-state index contributed by atoms with van der Waals surface area (Å²) < 4.78 is 1.82. The second-order valence-electron chi connectivity index (χ2n) is 6.68. The Hall–Kier alpha value is -2.67.